The smallest absolute Gasteiger partial charge is 0.407 e. The van der Waals surface area contributed by atoms with Gasteiger partial charge in [0.15, 0.2) is 0 Å². The van der Waals surface area contributed by atoms with E-state index in [9.17, 15) is 9.59 Å². The van der Waals surface area contributed by atoms with Crippen molar-refractivity contribution in [3.8, 4) is 28.0 Å². The van der Waals surface area contributed by atoms with Gasteiger partial charge in [0.2, 0.25) is 0 Å². The van der Waals surface area contributed by atoms with Gasteiger partial charge in [-0.05, 0) is 98.0 Å². The summed E-state index contributed by atoms with van der Waals surface area (Å²) in [5.41, 5.74) is 6.59. The van der Waals surface area contributed by atoms with Crippen LogP contribution in [0.25, 0.3) is 33.2 Å². The van der Waals surface area contributed by atoms with E-state index in [2.05, 4.69) is 10.3 Å². The molecule has 0 aliphatic rings. The summed E-state index contributed by atoms with van der Waals surface area (Å²) in [6.45, 7) is 8.19. The quantitative estimate of drug-likeness (QED) is 0.165. The zero-order valence-electron chi connectivity index (χ0n) is 25.4. The molecule has 8 nitrogen and oxygen atoms in total. The number of alkyl carbamates (subject to hydrolysis) is 1. The third-order valence-electron chi connectivity index (χ3n) is 6.80. The zero-order valence-corrected chi connectivity index (χ0v) is 25.4. The van der Waals surface area contributed by atoms with E-state index >= 15 is 0 Å². The Bertz CT molecular complexity index is 1750. The minimum atomic E-state index is -0.570. The normalized spacial score (nSPS) is 11.3. The Kier molecular flexibility index (Phi) is 9.29. The predicted molar refractivity (Wildman–Crippen MR) is 169 cm³/mol. The molecule has 0 radical (unpaired) electrons. The number of aromatic nitrogens is 1. The van der Waals surface area contributed by atoms with Gasteiger partial charge in [-0.25, -0.2) is 4.79 Å². The maximum Gasteiger partial charge on any atom is 0.407 e. The van der Waals surface area contributed by atoms with Crippen molar-refractivity contribution in [2.24, 2.45) is 0 Å². The fraction of sp³-hybridized carbons (Fsp3) is 0.250. The molecule has 0 fully saturated rings. The van der Waals surface area contributed by atoms with Crippen molar-refractivity contribution >= 4 is 23.0 Å². The van der Waals surface area contributed by atoms with Crippen LogP contribution in [0.15, 0.2) is 95.9 Å². The van der Waals surface area contributed by atoms with Crippen LogP contribution < -0.4 is 10.1 Å². The monoisotopic (exact) mass is 592 g/mol. The van der Waals surface area contributed by atoms with Gasteiger partial charge in [0.25, 0.3) is 0 Å². The highest BCUT2D eigenvalue weighted by Gasteiger charge is 2.17. The number of pyridine rings is 1. The number of carbonyl (C=O) groups is 2. The molecular formula is C36H36N2O6. The fourth-order valence-corrected chi connectivity index (χ4v) is 4.87. The molecule has 5 aromatic rings. The fourth-order valence-electron chi connectivity index (χ4n) is 4.87. The van der Waals surface area contributed by atoms with E-state index in [4.69, 9.17) is 18.6 Å². The van der Waals surface area contributed by atoms with Crippen LogP contribution in [-0.4, -0.2) is 29.3 Å². The largest absolute Gasteiger partial charge is 0.489 e. The molecule has 44 heavy (non-hydrogen) atoms. The number of fused-ring (bicyclic) bond motifs is 1. The number of nitrogens with zero attached hydrogens (tertiary/aromatic N) is 1. The number of nitrogens with one attached hydrogen (secondary N) is 1. The van der Waals surface area contributed by atoms with Crippen molar-refractivity contribution in [1.82, 2.24) is 10.3 Å². The van der Waals surface area contributed by atoms with Gasteiger partial charge >= 0.3 is 12.1 Å². The summed E-state index contributed by atoms with van der Waals surface area (Å²) in [4.78, 5) is 28.7. The molecule has 8 heteroatoms. The van der Waals surface area contributed by atoms with Crippen molar-refractivity contribution in [1.29, 1.82) is 0 Å². The highest BCUT2D eigenvalue weighted by molar-refractivity contribution is 5.93. The van der Waals surface area contributed by atoms with Gasteiger partial charge in [-0.2, -0.15) is 0 Å². The maximum atomic E-state index is 12.4. The number of rotatable bonds is 10. The summed E-state index contributed by atoms with van der Waals surface area (Å²) in [5, 5.41) is 3.76. The molecule has 0 unspecified atom stereocenters. The summed E-state index contributed by atoms with van der Waals surface area (Å²) in [6.07, 6.45) is 4.79. The summed E-state index contributed by atoms with van der Waals surface area (Å²) in [6, 6.07) is 23.6. The van der Waals surface area contributed by atoms with E-state index < -0.39 is 11.7 Å². The lowest BCUT2D eigenvalue weighted by molar-refractivity contribution is -0.142. The first-order valence-electron chi connectivity index (χ1n) is 14.6. The molecule has 0 saturated heterocycles. The molecule has 0 atom stereocenters. The minimum Gasteiger partial charge on any atom is -0.489 e. The second-order valence-corrected chi connectivity index (χ2v) is 11.4. The minimum absolute atomic E-state index is 0.107. The first-order valence-corrected chi connectivity index (χ1v) is 14.6. The third kappa shape index (κ3) is 7.83. The molecule has 2 heterocycles. The highest BCUT2D eigenvalue weighted by Crippen LogP contribution is 2.33. The van der Waals surface area contributed by atoms with Crippen molar-refractivity contribution in [2.75, 3.05) is 6.61 Å². The molecule has 226 valence electrons. The molecule has 1 amide bonds. The standard InChI is InChI=1S/C36H36N2O6/c1-5-41-33(39)21-29-10-9-27(26-11-14-37-15-12-26)20-32(29)43-23-25-18-30-13-16-42-34(30)31(19-25)28-8-6-7-24(17-28)22-38-35(40)44-36(2,3)4/h6-20H,5,21-23H2,1-4H3,(H,38,40). The SMILES string of the molecule is CCOC(=O)Cc1ccc(-c2ccncc2)cc1OCc1cc(-c2cccc(CNC(=O)OC(C)(C)C)c2)c2occc2c1. The number of benzene rings is 3. The number of hydrogen-bond acceptors (Lipinski definition) is 7. The van der Waals surface area contributed by atoms with Crippen molar-refractivity contribution in [2.45, 2.75) is 52.9 Å². The van der Waals surface area contributed by atoms with Crippen LogP contribution in [-0.2, 0) is 33.8 Å². The average molecular weight is 593 g/mol. The Hall–Kier alpha value is -5.11. The lowest BCUT2D eigenvalue weighted by Crippen LogP contribution is -2.32. The molecule has 0 bridgehead atoms. The lowest BCUT2D eigenvalue weighted by Gasteiger charge is -2.19. The predicted octanol–water partition coefficient (Wildman–Crippen LogP) is 7.87. The summed E-state index contributed by atoms with van der Waals surface area (Å²) in [7, 11) is 0. The number of esters is 1. The van der Waals surface area contributed by atoms with E-state index in [1.807, 2.05) is 93.6 Å². The van der Waals surface area contributed by atoms with Gasteiger partial charge in [-0.3, -0.25) is 9.78 Å². The van der Waals surface area contributed by atoms with Gasteiger partial charge in [-0.1, -0.05) is 30.3 Å². The lowest BCUT2D eigenvalue weighted by atomic mass is 9.99. The molecule has 0 spiro atoms. The van der Waals surface area contributed by atoms with E-state index in [1.165, 1.54) is 0 Å². The molecule has 0 aliphatic heterocycles. The zero-order chi connectivity index (χ0) is 31.1. The topological polar surface area (TPSA) is 99.9 Å². The summed E-state index contributed by atoms with van der Waals surface area (Å²) < 4.78 is 22.8. The Morgan fingerprint density at radius 1 is 0.886 bits per heavy atom. The van der Waals surface area contributed by atoms with Crippen LogP contribution in [0.4, 0.5) is 4.79 Å². The molecule has 2 aromatic heterocycles. The van der Waals surface area contributed by atoms with Gasteiger partial charge in [-0.15, -0.1) is 0 Å². The molecule has 3 aromatic carbocycles. The van der Waals surface area contributed by atoms with E-state index in [0.29, 0.717) is 18.9 Å². The van der Waals surface area contributed by atoms with Crippen LogP contribution in [0.5, 0.6) is 5.75 Å². The second kappa shape index (κ2) is 13.5. The first kappa shape index (κ1) is 30.4. The molecule has 0 saturated carbocycles. The van der Waals surface area contributed by atoms with Crippen LogP contribution in [0.1, 0.15) is 44.4 Å². The number of amides is 1. The van der Waals surface area contributed by atoms with E-state index in [0.717, 1.165) is 49.9 Å². The van der Waals surface area contributed by atoms with Crippen molar-refractivity contribution in [3.05, 3.63) is 108 Å². The Labute approximate surface area is 257 Å². The molecular weight excluding hydrogens is 556 g/mol. The van der Waals surface area contributed by atoms with Gasteiger partial charge in [0, 0.05) is 35.5 Å². The van der Waals surface area contributed by atoms with Crippen molar-refractivity contribution < 1.29 is 28.2 Å². The van der Waals surface area contributed by atoms with Gasteiger partial charge in [0.1, 0.15) is 23.5 Å². The third-order valence-corrected chi connectivity index (χ3v) is 6.80. The first-order chi connectivity index (χ1) is 21.2. The van der Waals surface area contributed by atoms with Crippen LogP contribution in [0, 0.1) is 0 Å². The van der Waals surface area contributed by atoms with E-state index in [-0.39, 0.29) is 19.0 Å². The Morgan fingerprint density at radius 3 is 2.48 bits per heavy atom. The number of hydrogen-bond donors (Lipinski definition) is 1. The molecule has 5 rings (SSSR count). The highest BCUT2D eigenvalue weighted by atomic mass is 16.6. The second-order valence-electron chi connectivity index (χ2n) is 11.4. The average Bonchev–Trinajstić information content (AvgIpc) is 3.48. The number of ether oxygens (including phenoxy) is 3. The van der Waals surface area contributed by atoms with Gasteiger partial charge in [0.05, 0.1) is 19.3 Å². The molecule has 1 N–H and O–H groups in total. The number of furan rings is 1. The maximum absolute atomic E-state index is 12.4. The summed E-state index contributed by atoms with van der Waals surface area (Å²) in [5.74, 6) is 0.300. The number of carbonyl (C=O) groups excluding carboxylic acids is 2. The van der Waals surface area contributed by atoms with Crippen molar-refractivity contribution in [3.63, 3.8) is 0 Å². The Balaban J connectivity index is 1.41. The van der Waals surface area contributed by atoms with E-state index in [1.54, 1.807) is 25.6 Å². The summed E-state index contributed by atoms with van der Waals surface area (Å²) >= 11 is 0. The van der Waals surface area contributed by atoms with Crippen LogP contribution in [0.2, 0.25) is 0 Å². The van der Waals surface area contributed by atoms with Crippen LogP contribution >= 0.6 is 0 Å². The Morgan fingerprint density at radius 2 is 1.70 bits per heavy atom. The van der Waals surface area contributed by atoms with Gasteiger partial charge < -0.3 is 23.9 Å². The molecule has 0 aliphatic carbocycles. The van der Waals surface area contributed by atoms with Crippen LogP contribution in [0.3, 0.4) is 0 Å².